The molecule has 2 N–H and O–H groups in total. The van der Waals surface area contributed by atoms with Crippen molar-refractivity contribution in [3.8, 4) is 5.75 Å². The lowest BCUT2D eigenvalue weighted by Crippen LogP contribution is -2.32. The number of hydrogen-bond donors (Lipinski definition) is 2. The van der Waals surface area contributed by atoms with E-state index in [0.29, 0.717) is 19.1 Å². The average molecular weight is 397 g/mol. The number of aryl methyl sites for hydroxylation is 1. The number of likely N-dealkylation sites (tertiary alicyclic amines) is 1. The molecular formula is C23H32N4O2. The molecule has 0 amide bonds. The Morgan fingerprint density at radius 2 is 2.14 bits per heavy atom. The van der Waals surface area contributed by atoms with Gasteiger partial charge in [-0.15, -0.1) is 0 Å². The highest BCUT2D eigenvalue weighted by Gasteiger charge is 2.17. The number of ether oxygens (including phenoxy) is 1. The zero-order valence-corrected chi connectivity index (χ0v) is 17.4. The summed E-state index contributed by atoms with van der Waals surface area (Å²) in [5.74, 6) is 2.37. The Bertz CT molecular complexity index is 871. The van der Waals surface area contributed by atoms with Gasteiger partial charge in [-0.25, -0.2) is 4.98 Å². The number of H-pyrrole nitrogens is 1. The first-order valence-corrected chi connectivity index (χ1v) is 11.0. The summed E-state index contributed by atoms with van der Waals surface area (Å²) in [5, 5.41) is 3.22. The fourth-order valence-electron chi connectivity index (χ4n) is 4.21. The normalized spacial score (nSPS) is 17.3. The summed E-state index contributed by atoms with van der Waals surface area (Å²) < 4.78 is 5.94. The molecule has 1 saturated heterocycles. The lowest BCUT2D eigenvalue weighted by atomic mass is 9.99. The van der Waals surface area contributed by atoms with Crippen LogP contribution in [-0.4, -0.2) is 41.1 Å². The second-order valence-electron chi connectivity index (χ2n) is 8.43. The molecule has 0 unspecified atom stereocenters. The average Bonchev–Trinajstić information content (AvgIpc) is 3.19. The minimum atomic E-state index is 0.00577. The van der Waals surface area contributed by atoms with Crippen LogP contribution in [0.15, 0.2) is 29.1 Å². The highest BCUT2D eigenvalue weighted by Crippen LogP contribution is 2.20. The number of anilines is 1. The Balaban J connectivity index is 1.20. The van der Waals surface area contributed by atoms with Gasteiger partial charge in [0, 0.05) is 18.7 Å². The van der Waals surface area contributed by atoms with Crippen molar-refractivity contribution < 1.29 is 4.74 Å². The van der Waals surface area contributed by atoms with E-state index in [1.165, 1.54) is 31.5 Å². The second kappa shape index (κ2) is 9.44. The Morgan fingerprint density at radius 1 is 1.28 bits per heavy atom. The van der Waals surface area contributed by atoms with Crippen molar-refractivity contribution in [1.82, 2.24) is 14.9 Å². The zero-order valence-electron chi connectivity index (χ0n) is 17.4. The molecule has 0 radical (unpaired) electrons. The summed E-state index contributed by atoms with van der Waals surface area (Å²) in [6, 6.07) is 8.44. The SMILES string of the molecule is CC1CCN(Cc2cccc(OCCCNc3nc4c(c(=O)[nH]3)CCC4)c2)CC1. The molecule has 4 rings (SSSR count). The van der Waals surface area contributed by atoms with E-state index < -0.39 is 0 Å². The van der Waals surface area contributed by atoms with Crippen molar-refractivity contribution >= 4 is 5.95 Å². The minimum absolute atomic E-state index is 0.00577. The topological polar surface area (TPSA) is 70.2 Å². The van der Waals surface area contributed by atoms with Crippen LogP contribution in [0.5, 0.6) is 5.75 Å². The molecular weight excluding hydrogens is 364 g/mol. The van der Waals surface area contributed by atoms with E-state index in [1.807, 2.05) is 6.07 Å². The highest BCUT2D eigenvalue weighted by atomic mass is 16.5. The number of nitrogens with zero attached hydrogens (tertiary/aromatic N) is 2. The number of aromatic nitrogens is 2. The van der Waals surface area contributed by atoms with Crippen molar-refractivity contribution in [2.45, 2.75) is 52.0 Å². The molecule has 2 aromatic rings. The maximum absolute atomic E-state index is 12.0. The molecule has 1 aliphatic carbocycles. The van der Waals surface area contributed by atoms with Crippen molar-refractivity contribution in [3.63, 3.8) is 0 Å². The molecule has 6 nitrogen and oxygen atoms in total. The van der Waals surface area contributed by atoms with Gasteiger partial charge in [-0.05, 0) is 75.2 Å². The molecule has 0 saturated carbocycles. The van der Waals surface area contributed by atoms with Crippen molar-refractivity contribution in [3.05, 3.63) is 51.4 Å². The van der Waals surface area contributed by atoms with E-state index in [1.54, 1.807) is 0 Å². The van der Waals surface area contributed by atoms with Gasteiger partial charge in [-0.2, -0.15) is 0 Å². The molecule has 0 bridgehead atoms. The van der Waals surface area contributed by atoms with Gasteiger partial charge >= 0.3 is 0 Å². The van der Waals surface area contributed by atoms with Crippen LogP contribution in [0.2, 0.25) is 0 Å². The highest BCUT2D eigenvalue weighted by molar-refractivity contribution is 5.32. The van der Waals surface area contributed by atoms with Gasteiger partial charge in [-0.3, -0.25) is 14.7 Å². The van der Waals surface area contributed by atoms with Crippen LogP contribution in [0.3, 0.4) is 0 Å². The monoisotopic (exact) mass is 396 g/mol. The lowest BCUT2D eigenvalue weighted by Gasteiger charge is -2.30. The summed E-state index contributed by atoms with van der Waals surface area (Å²) in [5.41, 5.74) is 3.13. The number of aromatic amines is 1. The minimum Gasteiger partial charge on any atom is -0.494 e. The maximum atomic E-state index is 12.0. The van der Waals surface area contributed by atoms with E-state index in [-0.39, 0.29) is 5.56 Å². The summed E-state index contributed by atoms with van der Waals surface area (Å²) in [7, 11) is 0. The third kappa shape index (κ3) is 5.38. The summed E-state index contributed by atoms with van der Waals surface area (Å²) in [6.45, 7) is 7.08. The smallest absolute Gasteiger partial charge is 0.255 e. The Morgan fingerprint density at radius 3 is 3.00 bits per heavy atom. The van der Waals surface area contributed by atoms with Crippen LogP contribution >= 0.6 is 0 Å². The number of benzene rings is 1. The molecule has 0 atom stereocenters. The Labute approximate surface area is 172 Å². The first-order valence-electron chi connectivity index (χ1n) is 11.0. The molecule has 1 aromatic carbocycles. The summed E-state index contributed by atoms with van der Waals surface area (Å²) >= 11 is 0. The second-order valence-corrected chi connectivity index (χ2v) is 8.43. The molecule has 156 valence electrons. The number of rotatable bonds is 8. The maximum Gasteiger partial charge on any atom is 0.255 e. The van der Waals surface area contributed by atoms with Gasteiger partial charge in [0.2, 0.25) is 5.95 Å². The van der Waals surface area contributed by atoms with Gasteiger partial charge in [-0.1, -0.05) is 19.1 Å². The van der Waals surface area contributed by atoms with Crippen LogP contribution < -0.4 is 15.6 Å². The molecule has 6 heteroatoms. The van der Waals surface area contributed by atoms with Crippen LogP contribution in [0.1, 0.15) is 49.4 Å². The fraction of sp³-hybridized carbons (Fsp3) is 0.565. The Hall–Kier alpha value is -2.34. The third-order valence-electron chi connectivity index (χ3n) is 6.00. The largest absolute Gasteiger partial charge is 0.494 e. The summed E-state index contributed by atoms with van der Waals surface area (Å²) in [6.07, 6.45) is 6.22. The van der Waals surface area contributed by atoms with E-state index in [4.69, 9.17) is 4.74 Å². The van der Waals surface area contributed by atoms with Crippen LogP contribution in [-0.2, 0) is 19.4 Å². The standard InChI is InChI=1S/C23H32N4O2/c1-17-9-12-27(13-10-17)16-18-5-2-6-19(15-18)29-14-4-11-24-23-25-21-8-3-7-20(21)22(28)26-23/h2,5-6,15,17H,3-4,7-14,16H2,1H3,(H2,24,25,26,28). The van der Waals surface area contributed by atoms with E-state index in [9.17, 15) is 4.79 Å². The van der Waals surface area contributed by atoms with Crippen molar-refractivity contribution in [2.75, 3.05) is 31.6 Å². The predicted molar refractivity (Wildman–Crippen MR) is 116 cm³/mol. The lowest BCUT2D eigenvalue weighted by molar-refractivity contribution is 0.185. The van der Waals surface area contributed by atoms with Gasteiger partial charge < -0.3 is 10.1 Å². The first-order chi connectivity index (χ1) is 14.2. The number of fused-ring (bicyclic) bond motifs is 1. The predicted octanol–water partition coefficient (Wildman–Crippen LogP) is 3.37. The van der Waals surface area contributed by atoms with Gasteiger partial charge in [0.1, 0.15) is 5.75 Å². The third-order valence-corrected chi connectivity index (χ3v) is 6.00. The van der Waals surface area contributed by atoms with Crippen LogP contribution in [0, 0.1) is 5.92 Å². The zero-order chi connectivity index (χ0) is 20.1. The van der Waals surface area contributed by atoms with E-state index >= 15 is 0 Å². The quantitative estimate of drug-likeness (QED) is 0.670. The van der Waals surface area contributed by atoms with Gasteiger partial charge in [0.05, 0.1) is 12.3 Å². The molecule has 2 heterocycles. The fourth-order valence-corrected chi connectivity index (χ4v) is 4.21. The van der Waals surface area contributed by atoms with Gasteiger partial charge in [0.25, 0.3) is 5.56 Å². The van der Waals surface area contributed by atoms with Gasteiger partial charge in [0.15, 0.2) is 0 Å². The molecule has 2 aliphatic rings. The van der Waals surface area contributed by atoms with Crippen molar-refractivity contribution in [1.29, 1.82) is 0 Å². The molecule has 1 aromatic heterocycles. The molecule has 29 heavy (non-hydrogen) atoms. The number of hydrogen-bond acceptors (Lipinski definition) is 5. The Kier molecular flexibility index (Phi) is 6.49. The van der Waals surface area contributed by atoms with Crippen LogP contribution in [0.4, 0.5) is 5.95 Å². The summed E-state index contributed by atoms with van der Waals surface area (Å²) in [4.78, 5) is 21.9. The van der Waals surface area contributed by atoms with Crippen LogP contribution in [0.25, 0.3) is 0 Å². The molecule has 0 spiro atoms. The van der Waals surface area contributed by atoms with Crippen molar-refractivity contribution in [2.24, 2.45) is 5.92 Å². The molecule has 1 aliphatic heterocycles. The molecule has 1 fully saturated rings. The van der Waals surface area contributed by atoms with E-state index in [2.05, 4.69) is 45.3 Å². The van der Waals surface area contributed by atoms with E-state index in [0.717, 1.165) is 55.2 Å². The first kappa shape index (κ1) is 20.0. The number of piperidine rings is 1. The number of nitrogens with one attached hydrogen (secondary N) is 2.